The monoisotopic (exact) mass is 489 g/mol. The van der Waals surface area contributed by atoms with Crippen LogP contribution in [0.3, 0.4) is 0 Å². The Morgan fingerprint density at radius 3 is 2.38 bits per heavy atom. The number of phenols is 1. The number of anilines is 1. The second-order valence-electron chi connectivity index (χ2n) is 7.18. The lowest BCUT2D eigenvalue weighted by Gasteiger charge is -2.15. The van der Waals surface area contributed by atoms with Gasteiger partial charge in [-0.2, -0.15) is 0 Å². The minimum atomic E-state index is -4.20. The summed E-state index contributed by atoms with van der Waals surface area (Å²) in [6.45, 7) is 1.68. The van der Waals surface area contributed by atoms with E-state index in [2.05, 4.69) is 10.0 Å². The maximum atomic E-state index is 13.9. The lowest BCUT2D eigenvalue weighted by atomic mass is 10.1. The summed E-state index contributed by atoms with van der Waals surface area (Å²) < 4.78 is 46.1. The Kier molecular flexibility index (Phi) is 7.01. The van der Waals surface area contributed by atoms with Gasteiger partial charge in [0.2, 0.25) is 0 Å². The van der Waals surface area contributed by atoms with Crippen molar-refractivity contribution >= 4 is 27.3 Å². The average molecular weight is 489 g/mol. The lowest BCUT2D eigenvalue weighted by molar-refractivity contribution is -0.386. The maximum Gasteiger partial charge on any atom is 0.312 e. The number of sulfonamides is 1. The third-order valence-electron chi connectivity index (χ3n) is 4.88. The highest BCUT2D eigenvalue weighted by Crippen LogP contribution is 2.29. The molecule has 0 aliphatic heterocycles. The number of nitro benzene ring substituents is 1. The van der Waals surface area contributed by atoms with Gasteiger partial charge in [0.15, 0.2) is 17.3 Å². The quantitative estimate of drug-likeness (QED) is 0.322. The van der Waals surface area contributed by atoms with E-state index in [-0.39, 0.29) is 17.0 Å². The van der Waals surface area contributed by atoms with Gasteiger partial charge in [-0.05, 0) is 61.0 Å². The first-order chi connectivity index (χ1) is 16.0. The van der Waals surface area contributed by atoms with Crippen molar-refractivity contribution in [2.45, 2.75) is 17.9 Å². The molecule has 12 heteroatoms. The second kappa shape index (κ2) is 9.75. The number of rotatable bonds is 8. The fourth-order valence-electron chi connectivity index (χ4n) is 3.04. The van der Waals surface area contributed by atoms with Gasteiger partial charge in [-0.25, -0.2) is 12.8 Å². The van der Waals surface area contributed by atoms with Gasteiger partial charge in [0.25, 0.3) is 15.9 Å². The summed E-state index contributed by atoms with van der Waals surface area (Å²) >= 11 is 0. The van der Waals surface area contributed by atoms with Crippen LogP contribution in [0.2, 0.25) is 0 Å². The molecule has 0 saturated heterocycles. The van der Waals surface area contributed by atoms with Crippen LogP contribution in [0, 0.1) is 15.9 Å². The molecule has 3 aromatic carbocycles. The number of amides is 1. The molecule has 34 heavy (non-hydrogen) atoms. The van der Waals surface area contributed by atoms with Gasteiger partial charge in [0.1, 0.15) is 0 Å². The molecule has 3 N–H and O–H groups in total. The summed E-state index contributed by atoms with van der Waals surface area (Å²) in [6, 6.07) is 12.0. The molecule has 0 aromatic heterocycles. The van der Waals surface area contributed by atoms with Crippen LogP contribution in [-0.2, 0) is 10.0 Å². The van der Waals surface area contributed by atoms with Crippen molar-refractivity contribution in [3.63, 3.8) is 0 Å². The molecule has 1 unspecified atom stereocenters. The summed E-state index contributed by atoms with van der Waals surface area (Å²) in [6.07, 6.45) is 0. The number of nitro groups is 1. The number of hydrogen-bond acceptors (Lipinski definition) is 7. The Morgan fingerprint density at radius 1 is 1.12 bits per heavy atom. The first-order valence-corrected chi connectivity index (χ1v) is 11.2. The van der Waals surface area contributed by atoms with E-state index in [0.29, 0.717) is 5.56 Å². The molecule has 1 amide bonds. The number of nitrogens with zero attached hydrogens (tertiary/aromatic N) is 1. The first-order valence-electron chi connectivity index (χ1n) is 9.76. The number of nitrogens with one attached hydrogen (secondary N) is 2. The summed E-state index contributed by atoms with van der Waals surface area (Å²) in [7, 11) is -2.85. The predicted molar refractivity (Wildman–Crippen MR) is 121 cm³/mol. The summed E-state index contributed by atoms with van der Waals surface area (Å²) in [5.74, 6) is -1.60. The Bertz CT molecular complexity index is 1350. The highest BCUT2D eigenvalue weighted by atomic mass is 32.2. The third kappa shape index (κ3) is 5.41. The minimum Gasteiger partial charge on any atom is -0.502 e. The minimum absolute atomic E-state index is 0.0854. The smallest absolute Gasteiger partial charge is 0.312 e. The Balaban J connectivity index is 1.71. The molecule has 3 rings (SSSR count). The van der Waals surface area contributed by atoms with Crippen molar-refractivity contribution in [2.75, 3.05) is 11.8 Å². The van der Waals surface area contributed by atoms with Gasteiger partial charge < -0.3 is 15.2 Å². The highest BCUT2D eigenvalue weighted by molar-refractivity contribution is 7.92. The van der Waals surface area contributed by atoms with E-state index in [9.17, 15) is 32.8 Å². The summed E-state index contributed by atoms with van der Waals surface area (Å²) in [5.41, 5.74) is 0.112. The number of methoxy groups -OCH3 is 1. The van der Waals surface area contributed by atoms with Crippen molar-refractivity contribution in [3.05, 3.63) is 87.7 Å². The molecule has 0 fully saturated rings. The van der Waals surface area contributed by atoms with Crippen LogP contribution in [0.25, 0.3) is 0 Å². The van der Waals surface area contributed by atoms with E-state index >= 15 is 0 Å². The van der Waals surface area contributed by atoms with Crippen LogP contribution in [-0.4, -0.2) is 31.5 Å². The molecule has 0 radical (unpaired) electrons. The average Bonchev–Trinajstić information content (AvgIpc) is 2.79. The number of carbonyl (C=O) groups is 1. The van der Waals surface area contributed by atoms with Crippen molar-refractivity contribution < 1.29 is 32.4 Å². The topological polar surface area (TPSA) is 148 Å². The Morgan fingerprint density at radius 2 is 1.79 bits per heavy atom. The van der Waals surface area contributed by atoms with Crippen molar-refractivity contribution in [1.82, 2.24) is 5.32 Å². The number of ether oxygens (including phenoxy) is 1. The van der Waals surface area contributed by atoms with Gasteiger partial charge in [0.05, 0.1) is 23.0 Å². The fraction of sp³-hybridized carbons (Fsp3) is 0.136. The molecule has 0 aliphatic rings. The van der Waals surface area contributed by atoms with Crippen LogP contribution in [0.5, 0.6) is 11.5 Å². The SMILES string of the molecule is COc1ccc(C(C)NC(=O)c2ccc(NS(=O)(=O)c3ccc(O)c([N+](=O)[O-])c3)cc2)cc1F. The molecule has 0 saturated carbocycles. The van der Waals surface area contributed by atoms with Crippen molar-refractivity contribution in [2.24, 2.45) is 0 Å². The van der Waals surface area contributed by atoms with Crippen molar-refractivity contribution in [3.8, 4) is 11.5 Å². The van der Waals surface area contributed by atoms with Crippen molar-refractivity contribution in [1.29, 1.82) is 0 Å². The number of hydrogen-bond donors (Lipinski definition) is 3. The molecule has 178 valence electrons. The zero-order valence-corrected chi connectivity index (χ0v) is 18.8. The lowest BCUT2D eigenvalue weighted by Crippen LogP contribution is -2.26. The van der Waals surface area contributed by atoms with Gasteiger partial charge in [-0.15, -0.1) is 0 Å². The van der Waals surface area contributed by atoms with Gasteiger partial charge in [-0.1, -0.05) is 6.07 Å². The Labute approximate surface area is 194 Å². The summed E-state index contributed by atoms with van der Waals surface area (Å²) in [5, 5.41) is 23.2. The zero-order chi connectivity index (χ0) is 25.0. The van der Waals surface area contributed by atoms with Gasteiger partial charge in [0, 0.05) is 17.3 Å². The standard InChI is InChI=1S/C22H20FN3O7S/c1-13(15-5-10-21(33-2)18(23)11-15)24-22(28)14-3-6-16(7-4-14)25-34(31,32)17-8-9-20(27)19(12-17)26(29)30/h3-13,25,27H,1-2H3,(H,24,28). The maximum absolute atomic E-state index is 13.9. The molecule has 10 nitrogen and oxygen atoms in total. The zero-order valence-electron chi connectivity index (χ0n) is 18.0. The highest BCUT2D eigenvalue weighted by Gasteiger charge is 2.21. The number of aromatic hydroxyl groups is 1. The molecular formula is C22H20FN3O7S. The van der Waals surface area contributed by atoms with Crippen LogP contribution in [0.1, 0.15) is 28.9 Å². The van der Waals surface area contributed by atoms with E-state index in [1.807, 2.05) is 0 Å². The molecule has 0 aliphatic carbocycles. The molecule has 0 bridgehead atoms. The van der Waals surface area contributed by atoms with E-state index in [1.165, 1.54) is 43.5 Å². The van der Waals surface area contributed by atoms with Crippen LogP contribution < -0.4 is 14.8 Å². The van der Waals surface area contributed by atoms with E-state index in [4.69, 9.17) is 4.74 Å². The number of phenolic OH excluding ortho intramolecular Hbond substituents is 1. The second-order valence-corrected chi connectivity index (χ2v) is 8.86. The fourth-order valence-corrected chi connectivity index (χ4v) is 4.11. The molecule has 1 atom stereocenters. The predicted octanol–water partition coefficient (Wildman–Crippen LogP) is 3.74. The molecule has 3 aromatic rings. The first kappa shape index (κ1) is 24.5. The van der Waals surface area contributed by atoms with Crippen LogP contribution in [0.15, 0.2) is 65.6 Å². The number of halogens is 1. The molecular weight excluding hydrogens is 469 g/mol. The number of carbonyl (C=O) groups excluding carboxylic acids is 1. The summed E-state index contributed by atoms with van der Waals surface area (Å²) in [4.78, 5) is 22.2. The van der Waals surface area contributed by atoms with Gasteiger partial charge >= 0.3 is 5.69 Å². The van der Waals surface area contributed by atoms with E-state index in [1.54, 1.807) is 13.0 Å². The largest absolute Gasteiger partial charge is 0.502 e. The molecule has 0 heterocycles. The van der Waals surface area contributed by atoms with E-state index in [0.717, 1.165) is 18.2 Å². The number of benzene rings is 3. The third-order valence-corrected chi connectivity index (χ3v) is 6.26. The Hall–Kier alpha value is -4.19. The van der Waals surface area contributed by atoms with Crippen LogP contribution in [0.4, 0.5) is 15.8 Å². The molecule has 0 spiro atoms. The van der Waals surface area contributed by atoms with E-state index < -0.39 is 49.0 Å². The van der Waals surface area contributed by atoms with Gasteiger partial charge in [-0.3, -0.25) is 19.6 Å². The van der Waals surface area contributed by atoms with Crippen LogP contribution >= 0.6 is 0 Å². The normalized spacial score (nSPS) is 12.0.